The number of nitrogens with one attached hydrogen (secondary N) is 1. The number of aromatic nitrogens is 3. The van der Waals surface area contributed by atoms with Crippen LogP contribution in [0.15, 0.2) is 34.9 Å². The minimum Gasteiger partial charge on any atom is -0.497 e. The number of aryl methyl sites for hydroxylation is 1. The normalized spacial score (nSPS) is 14.9. The fraction of sp³-hybridized carbons (Fsp3) is 0.368. The van der Waals surface area contributed by atoms with E-state index in [0.717, 1.165) is 35.6 Å². The number of nitrogens with zero attached hydrogens (tertiary/aromatic N) is 4. The Kier molecular flexibility index (Phi) is 5.25. The second-order valence-electron chi connectivity index (χ2n) is 6.71. The van der Waals surface area contributed by atoms with Crippen molar-refractivity contribution in [2.45, 2.75) is 25.7 Å². The molecule has 8 nitrogen and oxygen atoms in total. The van der Waals surface area contributed by atoms with Gasteiger partial charge in [0.05, 0.1) is 12.8 Å². The molecule has 0 aliphatic carbocycles. The summed E-state index contributed by atoms with van der Waals surface area (Å²) in [6.45, 7) is 3.25. The van der Waals surface area contributed by atoms with Gasteiger partial charge in [0.25, 0.3) is 0 Å². The summed E-state index contributed by atoms with van der Waals surface area (Å²) >= 11 is 1.17. The average molecular weight is 399 g/mol. The molecule has 9 heteroatoms. The fourth-order valence-corrected chi connectivity index (χ4v) is 3.82. The average Bonchev–Trinajstić information content (AvgIpc) is 3.37. The van der Waals surface area contributed by atoms with Crippen LogP contribution in [0.4, 0.5) is 9.93 Å². The van der Waals surface area contributed by atoms with Gasteiger partial charge in [-0.05, 0) is 44.0 Å². The number of amides is 2. The van der Waals surface area contributed by atoms with Crippen LogP contribution in [0, 0.1) is 6.92 Å². The van der Waals surface area contributed by atoms with Gasteiger partial charge in [0.2, 0.25) is 5.13 Å². The molecule has 28 heavy (non-hydrogen) atoms. The van der Waals surface area contributed by atoms with Gasteiger partial charge in [-0.15, -0.1) is 0 Å². The molecule has 0 saturated carbocycles. The zero-order valence-corrected chi connectivity index (χ0v) is 16.5. The fourth-order valence-electron chi connectivity index (χ4n) is 3.24. The maximum Gasteiger partial charge on any atom is 0.323 e. The molecular formula is C19H21N5O3S. The smallest absolute Gasteiger partial charge is 0.323 e. The van der Waals surface area contributed by atoms with E-state index in [1.807, 2.05) is 37.3 Å². The number of anilines is 1. The Labute approximate surface area is 166 Å². The molecule has 0 atom stereocenters. The highest BCUT2D eigenvalue weighted by Gasteiger charge is 2.26. The molecule has 0 bridgehead atoms. The lowest BCUT2D eigenvalue weighted by Gasteiger charge is -2.30. The number of hydrogen-bond donors (Lipinski definition) is 1. The number of ether oxygens (including phenoxy) is 1. The van der Waals surface area contributed by atoms with Gasteiger partial charge >= 0.3 is 6.03 Å². The summed E-state index contributed by atoms with van der Waals surface area (Å²) < 4.78 is 14.8. The molecule has 0 unspecified atom stereocenters. The molecule has 1 N–H and O–H groups in total. The Morgan fingerprint density at radius 1 is 1.29 bits per heavy atom. The summed E-state index contributed by atoms with van der Waals surface area (Å²) in [6, 6.07) is 9.32. The number of carbonyl (C=O) groups excluding carboxylic acids is 1. The van der Waals surface area contributed by atoms with E-state index in [0.29, 0.717) is 30.0 Å². The third-order valence-electron chi connectivity index (χ3n) is 4.82. The molecule has 2 aromatic heterocycles. The molecule has 0 radical (unpaired) electrons. The van der Waals surface area contributed by atoms with Crippen molar-refractivity contribution in [3.63, 3.8) is 0 Å². The molecule has 146 valence electrons. The van der Waals surface area contributed by atoms with Crippen LogP contribution in [-0.2, 0) is 0 Å². The zero-order valence-electron chi connectivity index (χ0n) is 15.7. The van der Waals surface area contributed by atoms with Crippen LogP contribution >= 0.6 is 11.5 Å². The van der Waals surface area contributed by atoms with Crippen LogP contribution < -0.4 is 10.1 Å². The second kappa shape index (κ2) is 7.97. The van der Waals surface area contributed by atoms with Crippen molar-refractivity contribution < 1.29 is 14.1 Å². The Morgan fingerprint density at radius 2 is 2.04 bits per heavy atom. The summed E-state index contributed by atoms with van der Waals surface area (Å²) in [5.74, 6) is 2.58. The lowest BCUT2D eigenvalue weighted by atomic mass is 9.94. The van der Waals surface area contributed by atoms with Crippen molar-refractivity contribution in [2.75, 3.05) is 25.5 Å². The van der Waals surface area contributed by atoms with Gasteiger partial charge in [-0.3, -0.25) is 5.32 Å². The molecule has 1 aromatic carbocycles. The number of likely N-dealkylation sites (tertiary alicyclic amines) is 1. The van der Waals surface area contributed by atoms with Gasteiger partial charge in [-0.25, -0.2) is 4.79 Å². The number of urea groups is 1. The van der Waals surface area contributed by atoms with E-state index in [2.05, 4.69) is 19.8 Å². The lowest BCUT2D eigenvalue weighted by Crippen LogP contribution is -2.40. The number of benzene rings is 1. The van der Waals surface area contributed by atoms with Crippen molar-refractivity contribution >= 4 is 22.7 Å². The van der Waals surface area contributed by atoms with Gasteiger partial charge < -0.3 is 14.2 Å². The third kappa shape index (κ3) is 3.99. The first-order valence-corrected chi connectivity index (χ1v) is 9.87. The Hall–Kier alpha value is -2.94. The van der Waals surface area contributed by atoms with E-state index < -0.39 is 0 Å². The highest BCUT2D eigenvalue weighted by Crippen LogP contribution is 2.29. The summed E-state index contributed by atoms with van der Waals surface area (Å²) in [7, 11) is 1.62. The molecule has 0 spiro atoms. The lowest BCUT2D eigenvalue weighted by molar-refractivity contribution is 0.188. The maximum atomic E-state index is 12.5. The molecule has 3 heterocycles. The number of rotatable bonds is 4. The van der Waals surface area contributed by atoms with Gasteiger partial charge in [0.15, 0.2) is 5.82 Å². The molecule has 2 amide bonds. The van der Waals surface area contributed by atoms with E-state index in [4.69, 9.17) is 9.26 Å². The summed E-state index contributed by atoms with van der Waals surface area (Å²) in [4.78, 5) is 18.8. The van der Waals surface area contributed by atoms with Crippen molar-refractivity contribution in [1.29, 1.82) is 0 Å². The molecule has 3 aromatic rings. The minimum atomic E-state index is -0.148. The number of methoxy groups -OCH3 is 1. The Bertz CT molecular complexity index is 945. The minimum absolute atomic E-state index is 0.148. The predicted molar refractivity (Wildman–Crippen MR) is 106 cm³/mol. The molecule has 1 saturated heterocycles. The van der Waals surface area contributed by atoms with E-state index >= 15 is 0 Å². The highest BCUT2D eigenvalue weighted by molar-refractivity contribution is 7.10. The number of piperidine rings is 1. The van der Waals surface area contributed by atoms with Crippen LogP contribution in [0.2, 0.25) is 0 Å². The van der Waals surface area contributed by atoms with Crippen LogP contribution in [0.1, 0.15) is 30.2 Å². The van der Waals surface area contributed by atoms with E-state index in [1.165, 1.54) is 11.5 Å². The summed E-state index contributed by atoms with van der Waals surface area (Å²) in [5.41, 5.74) is 1.76. The van der Waals surface area contributed by atoms with Gasteiger partial charge in [-0.2, -0.15) is 9.36 Å². The second-order valence-corrected chi connectivity index (χ2v) is 7.47. The van der Waals surface area contributed by atoms with Gasteiger partial charge in [0.1, 0.15) is 11.5 Å². The van der Waals surface area contributed by atoms with Gasteiger partial charge in [-0.1, -0.05) is 5.16 Å². The largest absolute Gasteiger partial charge is 0.497 e. The number of carbonyl (C=O) groups is 1. The third-order valence-corrected chi connectivity index (χ3v) is 5.45. The highest BCUT2D eigenvalue weighted by atomic mass is 32.1. The summed E-state index contributed by atoms with van der Waals surface area (Å²) in [6.07, 6.45) is 1.71. The maximum absolute atomic E-state index is 12.5. The first-order valence-electron chi connectivity index (χ1n) is 9.09. The van der Waals surface area contributed by atoms with Crippen molar-refractivity contribution in [3.8, 4) is 17.1 Å². The van der Waals surface area contributed by atoms with E-state index in [9.17, 15) is 4.79 Å². The summed E-state index contributed by atoms with van der Waals surface area (Å²) in [5, 5.41) is 7.29. The van der Waals surface area contributed by atoms with Crippen molar-refractivity contribution in [2.24, 2.45) is 0 Å². The number of hydrogen-bond acceptors (Lipinski definition) is 7. The zero-order chi connectivity index (χ0) is 19.5. The quantitative estimate of drug-likeness (QED) is 0.715. The predicted octanol–water partition coefficient (Wildman–Crippen LogP) is 3.92. The van der Waals surface area contributed by atoms with E-state index in [-0.39, 0.29) is 6.03 Å². The first kappa shape index (κ1) is 18.4. The monoisotopic (exact) mass is 399 g/mol. The first-order chi connectivity index (χ1) is 13.6. The molecular weight excluding hydrogens is 378 g/mol. The topological polar surface area (TPSA) is 93.4 Å². The Balaban J connectivity index is 1.33. The van der Waals surface area contributed by atoms with Crippen molar-refractivity contribution in [3.05, 3.63) is 41.8 Å². The molecule has 4 rings (SSSR count). The molecule has 1 fully saturated rings. The van der Waals surface area contributed by atoms with Crippen LogP contribution in [0.5, 0.6) is 5.75 Å². The van der Waals surface area contributed by atoms with Crippen LogP contribution in [0.25, 0.3) is 11.4 Å². The standard InChI is InChI=1S/C19H21N5O3S/c1-12-11-16(27-22-12)13-7-9-24(10-8-13)19(25)21-18-20-17(23-28-18)14-3-5-15(26-2)6-4-14/h3-6,11,13H,7-10H2,1-2H3,(H,20,21,23,25). The molecule has 1 aliphatic rings. The van der Waals surface area contributed by atoms with Crippen LogP contribution in [0.3, 0.4) is 0 Å². The van der Waals surface area contributed by atoms with Gasteiger partial charge in [0, 0.05) is 42.2 Å². The Morgan fingerprint density at radius 3 is 2.68 bits per heavy atom. The van der Waals surface area contributed by atoms with E-state index in [1.54, 1.807) is 12.0 Å². The van der Waals surface area contributed by atoms with Crippen molar-refractivity contribution in [1.82, 2.24) is 19.4 Å². The molecule has 1 aliphatic heterocycles. The van der Waals surface area contributed by atoms with Crippen LogP contribution in [-0.4, -0.2) is 45.6 Å². The SMILES string of the molecule is COc1ccc(-c2nsc(NC(=O)N3CCC(c4cc(C)no4)CC3)n2)cc1.